The number of carbonyl (C=O) groups is 2. The average molecular weight is 666 g/mol. The molecule has 2 aliphatic carbocycles. The van der Waals surface area contributed by atoms with Crippen LogP contribution >= 0.6 is 0 Å². The first-order valence-corrected chi connectivity index (χ1v) is 17.1. The molecule has 3 unspecified atom stereocenters. The van der Waals surface area contributed by atoms with Gasteiger partial charge in [-0.15, -0.1) is 0 Å². The first kappa shape index (κ1) is 30.2. The number of amides is 2. The molecule has 0 radical (unpaired) electrons. The van der Waals surface area contributed by atoms with Gasteiger partial charge < -0.3 is 29.4 Å². The molecule has 2 bridgehead atoms. The van der Waals surface area contributed by atoms with E-state index in [0.29, 0.717) is 54.8 Å². The van der Waals surface area contributed by atoms with Crippen molar-refractivity contribution in [3.63, 3.8) is 0 Å². The molecule has 2 aromatic carbocycles. The van der Waals surface area contributed by atoms with Crippen LogP contribution < -0.4 is 10.5 Å². The summed E-state index contributed by atoms with van der Waals surface area (Å²) >= 11 is 0. The number of ether oxygens (including phenoxy) is 1. The Kier molecular flexibility index (Phi) is 7.01. The van der Waals surface area contributed by atoms with E-state index in [2.05, 4.69) is 21.3 Å². The molecule has 49 heavy (non-hydrogen) atoms. The van der Waals surface area contributed by atoms with E-state index in [1.807, 2.05) is 17.0 Å². The van der Waals surface area contributed by atoms with Crippen LogP contribution in [0.2, 0.25) is 0 Å². The molecular formula is C37H37F2N7O3. The lowest BCUT2D eigenvalue weighted by Crippen LogP contribution is -2.51. The van der Waals surface area contributed by atoms with Gasteiger partial charge in [-0.1, -0.05) is 6.07 Å². The number of nitrogens with zero attached hydrogens (tertiary/aromatic N) is 6. The molecule has 4 aliphatic rings. The van der Waals surface area contributed by atoms with E-state index in [4.69, 9.17) is 20.4 Å². The fourth-order valence-electron chi connectivity index (χ4n) is 8.29. The monoisotopic (exact) mass is 665 g/mol. The van der Waals surface area contributed by atoms with Crippen LogP contribution in [0.15, 0.2) is 54.7 Å². The fraction of sp³-hybridized carbons (Fsp3) is 0.405. The molecule has 2 N–H and O–H groups in total. The Balaban J connectivity index is 1.11. The summed E-state index contributed by atoms with van der Waals surface area (Å²) in [6.07, 6.45) is 6.11. The van der Waals surface area contributed by atoms with Crippen molar-refractivity contribution >= 4 is 33.9 Å². The van der Waals surface area contributed by atoms with Crippen molar-refractivity contribution in [3.8, 4) is 17.3 Å². The Labute approximate surface area is 281 Å². The van der Waals surface area contributed by atoms with Crippen LogP contribution in [0.3, 0.4) is 0 Å². The van der Waals surface area contributed by atoms with Crippen LogP contribution in [0.1, 0.15) is 46.4 Å². The number of benzene rings is 2. The number of rotatable bonds is 8. The van der Waals surface area contributed by atoms with Crippen LogP contribution in [0.5, 0.6) is 5.75 Å². The summed E-state index contributed by atoms with van der Waals surface area (Å²) in [5, 5.41) is 1.01. The molecule has 3 atom stereocenters. The van der Waals surface area contributed by atoms with Gasteiger partial charge in [0.1, 0.15) is 16.9 Å². The van der Waals surface area contributed by atoms with Gasteiger partial charge >= 0.3 is 0 Å². The molecule has 252 valence electrons. The highest BCUT2D eigenvalue weighted by molar-refractivity contribution is 6.00. The molecule has 2 saturated carbocycles. The summed E-state index contributed by atoms with van der Waals surface area (Å²) in [5.41, 5.74) is 9.90. The average Bonchev–Trinajstić information content (AvgIpc) is 3.45. The van der Waals surface area contributed by atoms with Crippen molar-refractivity contribution in [1.29, 1.82) is 0 Å². The molecule has 4 fully saturated rings. The van der Waals surface area contributed by atoms with E-state index < -0.39 is 17.5 Å². The van der Waals surface area contributed by atoms with Gasteiger partial charge in [-0.3, -0.25) is 9.59 Å². The summed E-state index contributed by atoms with van der Waals surface area (Å²) in [5.74, 6) is -0.593. The third-order valence-corrected chi connectivity index (χ3v) is 11.1. The molecule has 3 aromatic heterocycles. The number of halogens is 2. The number of piperidine rings is 1. The lowest BCUT2D eigenvalue weighted by Gasteiger charge is -2.40. The third kappa shape index (κ3) is 4.90. The molecular weight excluding hydrogens is 628 g/mol. The highest BCUT2D eigenvalue weighted by atomic mass is 19.2. The van der Waals surface area contributed by atoms with E-state index in [-0.39, 0.29) is 29.5 Å². The van der Waals surface area contributed by atoms with Crippen molar-refractivity contribution in [3.05, 3.63) is 77.5 Å². The van der Waals surface area contributed by atoms with Gasteiger partial charge in [0.15, 0.2) is 17.5 Å². The number of pyridine rings is 1. The number of imidazole rings is 1. The van der Waals surface area contributed by atoms with Crippen LogP contribution in [0.4, 0.5) is 8.78 Å². The number of fused-ring (bicyclic) bond motifs is 4. The minimum atomic E-state index is -1.13. The minimum absolute atomic E-state index is 0.00807. The van der Waals surface area contributed by atoms with Crippen molar-refractivity contribution in [2.75, 3.05) is 26.7 Å². The van der Waals surface area contributed by atoms with Gasteiger partial charge in [-0.05, 0) is 80.0 Å². The summed E-state index contributed by atoms with van der Waals surface area (Å²) in [4.78, 5) is 40.4. The first-order chi connectivity index (χ1) is 23.8. The predicted molar refractivity (Wildman–Crippen MR) is 179 cm³/mol. The Morgan fingerprint density at radius 3 is 2.49 bits per heavy atom. The fourth-order valence-corrected chi connectivity index (χ4v) is 8.29. The zero-order valence-corrected chi connectivity index (χ0v) is 27.2. The topological polar surface area (TPSA) is 112 Å². The number of carbonyl (C=O) groups excluding carboxylic acids is 2. The van der Waals surface area contributed by atoms with E-state index in [1.54, 1.807) is 19.4 Å². The summed E-state index contributed by atoms with van der Waals surface area (Å²) in [7, 11) is 1.60. The number of likely N-dealkylation sites (tertiary alicyclic amines) is 2. The van der Waals surface area contributed by atoms with E-state index >= 15 is 0 Å². The Morgan fingerprint density at radius 2 is 1.76 bits per heavy atom. The van der Waals surface area contributed by atoms with Crippen LogP contribution in [0.25, 0.3) is 33.6 Å². The first-order valence-electron chi connectivity index (χ1n) is 17.1. The second kappa shape index (κ2) is 11.4. The van der Waals surface area contributed by atoms with Crippen molar-refractivity contribution < 1.29 is 23.1 Å². The van der Waals surface area contributed by atoms with Gasteiger partial charge in [0.05, 0.1) is 23.9 Å². The normalized spacial score (nSPS) is 22.0. The molecule has 2 saturated heterocycles. The maximum atomic E-state index is 14.5. The molecule has 12 heteroatoms. The second-order valence-corrected chi connectivity index (χ2v) is 14.2. The lowest BCUT2D eigenvalue weighted by molar-refractivity contribution is 0.0465. The smallest absolute Gasteiger partial charge is 0.256 e. The number of aromatic nitrogens is 4. The molecule has 9 rings (SSSR count). The van der Waals surface area contributed by atoms with Crippen LogP contribution in [-0.4, -0.2) is 79.5 Å². The maximum absolute atomic E-state index is 14.5. The zero-order valence-electron chi connectivity index (χ0n) is 27.2. The predicted octanol–water partition coefficient (Wildman–Crippen LogP) is 5.08. The second-order valence-electron chi connectivity index (χ2n) is 14.2. The van der Waals surface area contributed by atoms with Gasteiger partial charge in [-0.2, -0.15) is 0 Å². The number of hydrogen-bond acceptors (Lipinski definition) is 6. The minimum Gasteiger partial charge on any atom is -0.494 e. The highest BCUT2D eigenvalue weighted by Gasteiger charge is 2.47. The molecule has 0 spiro atoms. The molecule has 2 aliphatic heterocycles. The van der Waals surface area contributed by atoms with Gasteiger partial charge in [0.2, 0.25) is 0 Å². The SMILES string of the molecule is COc1cc(C(=O)N2CC3CCC2C3N)cc2nc(-c3cc4cccnc4n3CC3CC3)n(CC3CN(C(=O)c4cccc(F)c4F)C3)c12. The lowest BCUT2D eigenvalue weighted by atomic mass is 9.98. The molecule has 10 nitrogen and oxygen atoms in total. The Hall–Kier alpha value is -4.84. The number of methoxy groups -OCH3 is 1. The summed E-state index contributed by atoms with van der Waals surface area (Å²) in [6.45, 7) is 2.72. The van der Waals surface area contributed by atoms with Crippen LogP contribution in [-0.2, 0) is 13.1 Å². The molecule has 2 amide bonds. The van der Waals surface area contributed by atoms with Gasteiger partial charge in [-0.25, -0.2) is 18.7 Å². The summed E-state index contributed by atoms with van der Waals surface area (Å²) in [6, 6.07) is 13.5. The Bertz CT molecular complexity index is 2150. The summed E-state index contributed by atoms with van der Waals surface area (Å²) < 4.78 is 38.7. The van der Waals surface area contributed by atoms with E-state index in [9.17, 15) is 18.4 Å². The van der Waals surface area contributed by atoms with Crippen molar-refractivity contribution in [1.82, 2.24) is 28.9 Å². The standard InChI is InChI=1S/C37H37F2N7O3/c1-49-30-14-24(36(47)45-19-23-9-10-28(45)32(23)40)12-27-33(30)46(18-21-15-43(16-21)37(48)25-5-2-6-26(38)31(25)39)35(42-27)29-13-22-4-3-11-41-34(22)44(29)17-20-7-8-20/h2-6,11-14,20-21,23,28,32H,7-10,15-19,40H2,1H3. The molecule has 5 heterocycles. The zero-order chi connectivity index (χ0) is 33.6. The van der Waals surface area contributed by atoms with E-state index in [0.717, 1.165) is 53.5 Å². The Morgan fingerprint density at radius 1 is 0.939 bits per heavy atom. The quantitative estimate of drug-likeness (QED) is 0.248. The van der Waals surface area contributed by atoms with Gasteiger partial charge in [0.25, 0.3) is 11.8 Å². The maximum Gasteiger partial charge on any atom is 0.256 e. The molecule has 5 aromatic rings. The largest absolute Gasteiger partial charge is 0.494 e. The van der Waals surface area contributed by atoms with Gasteiger partial charge in [0, 0.05) is 67.9 Å². The van der Waals surface area contributed by atoms with Crippen molar-refractivity contribution in [2.24, 2.45) is 23.5 Å². The number of hydrogen-bond donors (Lipinski definition) is 1. The van der Waals surface area contributed by atoms with Crippen LogP contribution in [0, 0.1) is 29.4 Å². The highest BCUT2D eigenvalue weighted by Crippen LogP contribution is 2.41. The number of nitrogens with two attached hydrogens (primary N) is 1. The van der Waals surface area contributed by atoms with E-state index in [1.165, 1.54) is 29.9 Å². The van der Waals surface area contributed by atoms with Crippen molar-refractivity contribution in [2.45, 2.75) is 50.9 Å². The third-order valence-electron chi connectivity index (χ3n) is 11.1.